The van der Waals surface area contributed by atoms with Crippen LogP contribution in [0.2, 0.25) is 0 Å². The van der Waals surface area contributed by atoms with Crippen molar-refractivity contribution >= 4 is 16.9 Å². The van der Waals surface area contributed by atoms with Gasteiger partial charge in [0.2, 0.25) is 0 Å². The Bertz CT molecular complexity index is 698. The molecule has 118 valence electrons. The predicted molar refractivity (Wildman–Crippen MR) is 90.0 cm³/mol. The van der Waals surface area contributed by atoms with Crippen LogP contribution in [-0.4, -0.2) is 18.1 Å². The molecule has 0 saturated carbocycles. The van der Waals surface area contributed by atoms with Gasteiger partial charge in [0.05, 0.1) is 18.5 Å². The minimum Gasteiger partial charge on any atom is -0.469 e. The number of aryl methyl sites for hydroxylation is 2. The zero-order chi connectivity index (χ0) is 16.5. The van der Waals surface area contributed by atoms with Gasteiger partial charge in [0, 0.05) is 11.1 Å². The molecule has 0 bridgehead atoms. The predicted octanol–water partition coefficient (Wildman–Crippen LogP) is 4.54. The summed E-state index contributed by atoms with van der Waals surface area (Å²) in [5.74, 6) is -0.458. The van der Waals surface area contributed by atoms with Crippen LogP contribution in [0.4, 0.5) is 0 Å². The molecule has 0 aliphatic carbocycles. The second-order valence-corrected chi connectivity index (χ2v) is 7.09. The van der Waals surface area contributed by atoms with Crippen LogP contribution in [0, 0.1) is 19.3 Å². The van der Waals surface area contributed by atoms with Gasteiger partial charge in [0.25, 0.3) is 0 Å². The second kappa shape index (κ2) is 6.07. The van der Waals surface area contributed by atoms with Gasteiger partial charge in [0.1, 0.15) is 0 Å². The number of carbonyl (C=O) groups excluding carboxylic acids is 1. The first-order chi connectivity index (χ1) is 10.2. The minimum absolute atomic E-state index is 0.0311. The Balaban J connectivity index is 2.65. The Labute approximate surface area is 132 Å². The van der Waals surface area contributed by atoms with Gasteiger partial charge >= 0.3 is 5.97 Å². The van der Waals surface area contributed by atoms with Crippen molar-refractivity contribution in [3.8, 4) is 0 Å². The van der Waals surface area contributed by atoms with Crippen LogP contribution < -0.4 is 0 Å². The van der Waals surface area contributed by atoms with Gasteiger partial charge in [-0.3, -0.25) is 9.78 Å². The summed E-state index contributed by atoms with van der Waals surface area (Å²) in [5.41, 5.74) is 4.06. The van der Waals surface area contributed by atoms with Gasteiger partial charge < -0.3 is 4.74 Å². The summed E-state index contributed by atoms with van der Waals surface area (Å²) in [6.45, 7) is 10.5. The molecule has 0 radical (unpaired) electrons. The minimum atomic E-state index is -0.276. The third-order valence-electron chi connectivity index (χ3n) is 4.04. The van der Waals surface area contributed by atoms with E-state index in [4.69, 9.17) is 9.72 Å². The van der Waals surface area contributed by atoms with Crippen LogP contribution >= 0.6 is 0 Å². The lowest BCUT2D eigenvalue weighted by molar-refractivity contribution is -0.143. The van der Waals surface area contributed by atoms with E-state index in [1.54, 1.807) is 0 Å². The summed E-state index contributed by atoms with van der Waals surface area (Å²) in [5, 5.41) is 1.10. The molecule has 0 N–H and O–H groups in total. The highest BCUT2D eigenvalue weighted by Gasteiger charge is 2.30. The molecule has 1 atom stereocenters. The van der Waals surface area contributed by atoms with Gasteiger partial charge in [0.15, 0.2) is 0 Å². The average Bonchev–Trinajstić information content (AvgIpc) is 2.44. The molecule has 22 heavy (non-hydrogen) atoms. The Kier molecular flexibility index (Phi) is 4.55. The Morgan fingerprint density at radius 1 is 1.23 bits per heavy atom. The summed E-state index contributed by atoms with van der Waals surface area (Å²) in [6.07, 6.45) is 0.737. The molecule has 0 unspecified atom stereocenters. The molecule has 1 aromatic carbocycles. The molecule has 0 saturated heterocycles. The van der Waals surface area contributed by atoms with E-state index in [0.717, 1.165) is 34.1 Å². The maximum Gasteiger partial charge on any atom is 0.313 e. The van der Waals surface area contributed by atoms with Crippen LogP contribution in [0.5, 0.6) is 0 Å². The van der Waals surface area contributed by atoms with Crippen LogP contribution in [0.15, 0.2) is 24.3 Å². The third-order valence-corrected chi connectivity index (χ3v) is 4.04. The first-order valence-electron chi connectivity index (χ1n) is 7.68. The molecule has 1 aromatic heterocycles. The summed E-state index contributed by atoms with van der Waals surface area (Å²) in [6, 6.07) is 8.07. The summed E-state index contributed by atoms with van der Waals surface area (Å²) >= 11 is 0. The molecule has 0 spiro atoms. The molecular formula is C19H25NO2. The van der Waals surface area contributed by atoms with Gasteiger partial charge in [-0.2, -0.15) is 0 Å². The number of para-hydroxylation sites is 1. The largest absolute Gasteiger partial charge is 0.469 e. The van der Waals surface area contributed by atoms with E-state index in [1.165, 1.54) is 7.11 Å². The average molecular weight is 299 g/mol. The number of fused-ring (bicyclic) bond motifs is 1. The van der Waals surface area contributed by atoms with E-state index in [1.807, 2.05) is 25.1 Å². The van der Waals surface area contributed by atoms with Crippen LogP contribution in [-0.2, 0) is 9.53 Å². The van der Waals surface area contributed by atoms with Crippen molar-refractivity contribution in [1.29, 1.82) is 0 Å². The standard InChI is InChI=1S/C19H25NO2/c1-12-14-9-7-8-10-16(14)20-13(2)17(12)15(18(21)22-6)11-19(3,4)5/h7-10,15H,11H2,1-6H3/t15-/m0/s1. The van der Waals surface area contributed by atoms with Crippen molar-refractivity contribution in [2.75, 3.05) is 7.11 Å². The fraction of sp³-hybridized carbons (Fsp3) is 0.474. The first kappa shape index (κ1) is 16.5. The molecule has 2 rings (SSSR count). The highest BCUT2D eigenvalue weighted by molar-refractivity contribution is 5.87. The summed E-state index contributed by atoms with van der Waals surface area (Å²) < 4.78 is 5.07. The van der Waals surface area contributed by atoms with Gasteiger partial charge in [-0.1, -0.05) is 39.0 Å². The quantitative estimate of drug-likeness (QED) is 0.781. The molecule has 3 nitrogen and oxygen atoms in total. The number of methoxy groups -OCH3 is 1. The first-order valence-corrected chi connectivity index (χ1v) is 7.68. The van der Waals surface area contributed by atoms with E-state index < -0.39 is 0 Å². The normalized spacial score (nSPS) is 13.2. The monoisotopic (exact) mass is 299 g/mol. The summed E-state index contributed by atoms with van der Waals surface area (Å²) in [7, 11) is 1.46. The number of hydrogen-bond donors (Lipinski definition) is 0. The number of pyridine rings is 1. The van der Waals surface area contributed by atoms with Crippen molar-refractivity contribution < 1.29 is 9.53 Å². The van der Waals surface area contributed by atoms with E-state index in [2.05, 4.69) is 33.8 Å². The summed E-state index contributed by atoms with van der Waals surface area (Å²) in [4.78, 5) is 17.1. The van der Waals surface area contributed by atoms with Crippen molar-refractivity contribution in [3.05, 3.63) is 41.1 Å². The number of ether oxygens (including phenoxy) is 1. The van der Waals surface area contributed by atoms with Crippen molar-refractivity contribution in [3.63, 3.8) is 0 Å². The van der Waals surface area contributed by atoms with E-state index in [0.29, 0.717) is 0 Å². The zero-order valence-electron chi connectivity index (χ0n) is 14.4. The number of hydrogen-bond acceptors (Lipinski definition) is 3. The van der Waals surface area contributed by atoms with Crippen LogP contribution in [0.3, 0.4) is 0 Å². The number of carbonyl (C=O) groups is 1. The van der Waals surface area contributed by atoms with Gasteiger partial charge in [-0.25, -0.2) is 0 Å². The van der Waals surface area contributed by atoms with Gasteiger partial charge in [-0.05, 0) is 42.9 Å². The molecule has 0 amide bonds. The number of benzene rings is 1. The van der Waals surface area contributed by atoms with E-state index in [9.17, 15) is 4.79 Å². The number of nitrogens with zero attached hydrogens (tertiary/aromatic N) is 1. The number of aromatic nitrogens is 1. The lowest BCUT2D eigenvalue weighted by atomic mass is 9.79. The number of esters is 1. The topological polar surface area (TPSA) is 39.2 Å². The number of rotatable bonds is 3. The van der Waals surface area contributed by atoms with Crippen LogP contribution in [0.25, 0.3) is 10.9 Å². The van der Waals surface area contributed by atoms with Crippen molar-refractivity contribution in [2.24, 2.45) is 5.41 Å². The molecule has 0 aliphatic heterocycles. The Hall–Kier alpha value is -1.90. The van der Waals surface area contributed by atoms with E-state index in [-0.39, 0.29) is 17.3 Å². The Morgan fingerprint density at radius 3 is 2.45 bits per heavy atom. The van der Waals surface area contributed by atoms with Crippen LogP contribution in [0.1, 0.15) is 49.9 Å². The zero-order valence-corrected chi connectivity index (χ0v) is 14.4. The lowest BCUT2D eigenvalue weighted by Crippen LogP contribution is -2.23. The maximum absolute atomic E-state index is 12.4. The highest BCUT2D eigenvalue weighted by atomic mass is 16.5. The second-order valence-electron chi connectivity index (χ2n) is 7.09. The fourth-order valence-corrected chi connectivity index (χ4v) is 3.12. The fourth-order valence-electron chi connectivity index (χ4n) is 3.12. The molecule has 0 fully saturated rings. The Morgan fingerprint density at radius 2 is 1.86 bits per heavy atom. The smallest absolute Gasteiger partial charge is 0.313 e. The van der Waals surface area contributed by atoms with Gasteiger partial charge in [-0.15, -0.1) is 0 Å². The SMILES string of the molecule is COC(=O)[C@@H](CC(C)(C)C)c1c(C)nc2ccccc2c1C. The van der Waals surface area contributed by atoms with Crippen molar-refractivity contribution in [2.45, 2.75) is 47.0 Å². The third kappa shape index (κ3) is 3.29. The lowest BCUT2D eigenvalue weighted by Gasteiger charge is -2.27. The molecule has 2 aromatic rings. The maximum atomic E-state index is 12.4. The molecular weight excluding hydrogens is 274 g/mol. The highest BCUT2D eigenvalue weighted by Crippen LogP contribution is 2.36. The van der Waals surface area contributed by atoms with E-state index >= 15 is 0 Å². The molecule has 3 heteroatoms. The molecule has 0 aliphatic rings. The van der Waals surface area contributed by atoms with Crippen molar-refractivity contribution in [1.82, 2.24) is 4.98 Å². The molecule has 1 heterocycles.